The Morgan fingerprint density at radius 2 is 1.95 bits per heavy atom. The number of carboxylic acids is 1. The fourth-order valence-electron chi connectivity index (χ4n) is 2.73. The van der Waals surface area contributed by atoms with Gasteiger partial charge >= 0.3 is 5.97 Å². The summed E-state index contributed by atoms with van der Waals surface area (Å²) in [7, 11) is -3.17. The van der Waals surface area contributed by atoms with Crippen LogP contribution in [0.1, 0.15) is 25.7 Å². The van der Waals surface area contributed by atoms with Crippen LogP contribution in [0.3, 0.4) is 0 Å². The topological polar surface area (TPSA) is 95.0 Å². The summed E-state index contributed by atoms with van der Waals surface area (Å²) in [6.45, 7) is 1.49. The summed E-state index contributed by atoms with van der Waals surface area (Å²) in [5.74, 6) is -1.36. The van der Waals surface area contributed by atoms with Gasteiger partial charge in [-0.05, 0) is 19.3 Å². The molecule has 2 aliphatic heterocycles. The number of aliphatic carboxylic acids is 1. The number of carboxylic acid groups (broad SMARTS) is 1. The summed E-state index contributed by atoms with van der Waals surface area (Å²) < 4.78 is 24.6. The van der Waals surface area contributed by atoms with Crippen molar-refractivity contribution >= 4 is 21.9 Å². The summed E-state index contributed by atoms with van der Waals surface area (Å²) in [5.41, 5.74) is 0. The Labute approximate surface area is 118 Å². The van der Waals surface area contributed by atoms with Gasteiger partial charge in [0.05, 0.1) is 11.7 Å². The van der Waals surface area contributed by atoms with Crippen LogP contribution in [0.25, 0.3) is 0 Å². The SMILES string of the molecule is O=C(O)[C@@H]1CCCN(C(=O)CCN2CCCS2(=O)=O)C1. The standard InChI is InChI=1S/C12H20N2O5S/c15-11(4-7-14-6-2-8-20(14,18)19)13-5-1-3-10(9-13)12(16)17/h10H,1-9H2,(H,16,17)/t10-/m1/s1. The summed E-state index contributed by atoms with van der Waals surface area (Å²) in [6, 6.07) is 0. The zero-order chi connectivity index (χ0) is 14.8. The molecule has 0 unspecified atom stereocenters. The highest BCUT2D eigenvalue weighted by atomic mass is 32.2. The van der Waals surface area contributed by atoms with Crippen molar-refractivity contribution in [3.8, 4) is 0 Å². The molecule has 1 amide bonds. The number of carbonyl (C=O) groups excluding carboxylic acids is 1. The lowest BCUT2D eigenvalue weighted by atomic mass is 9.98. The number of sulfonamides is 1. The van der Waals surface area contributed by atoms with Gasteiger partial charge in [0.2, 0.25) is 15.9 Å². The maximum atomic E-state index is 12.0. The van der Waals surface area contributed by atoms with E-state index in [-0.39, 0.29) is 31.2 Å². The van der Waals surface area contributed by atoms with Crippen molar-refractivity contribution in [1.29, 1.82) is 0 Å². The molecule has 1 atom stereocenters. The first kappa shape index (κ1) is 15.2. The lowest BCUT2D eigenvalue weighted by molar-refractivity contribution is -0.145. The molecular formula is C12H20N2O5S. The Bertz CT molecular complexity index is 490. The van der Waals surface area contributed by atoms with Crippen molar-refractivity contribution in [2.45, 2.75) is 25.7 Å². The average molecular weight is 304 g/mol. The van der Waals surface area contributed by atoms with Crippen molar-refractivity contribution in [1.82, 2.24) is 9.21 Å². The smallest absolute Gasteiger partial charge is 0.308 e. The van der Waals surface area contributed by atoms with Crippen LogP contribution in [0, 0.1) is 5.92 Å². The Balaban J connectivity index is 1.84. The number of piperidine rings is 1. The molecule has 2 fully saturated rings. The molecule has 2 rings (SSSR count). The molecule has 0 aromatic rings. The molecule has 0 bridgehead atoms. The van der Waals surface area contributed by atoms with E-state index in [0.717, 1.165) is 0 Å². The van der Waals surface area contributed by atoms with E-state index in [2.05, 4.69) is 0 Å². The van der Waals surface area contributed by atoms with Gasteiger partial charge in [0.1, 0.15) is 0 Å². The Hall–Kier alpha value is -1.15. The summed E-state index contributed by atoms with van der Waals surface area (Å²) in [4.78, 5) is 24.5. The average Bonchev–Trinajstić information content (AvgIpc) is 2.75. The summed E-state index contributed by atoms with van der Waals surface area (Å²) in [6.07, 6.45) is 2.03. The second-order valence-electron chi connectivity index (χ2n) is 5.34. The second-order valence-corrected chi connectivity index (χ2v) is 7.42. The lowest BCUT2D eigenvalue weighted by Gasteiger charge is -2.31. The third-order valence-corrected chi connectivity index (χ3v) is 5.86. The molecule has 114 valence electrons. The minimum Gasteiger partial charge on any atom is -0.481 e. The van der Waals surface area contributed by atoms with E-state index < -0.39 is 21.9 Å². The highest BCUT2D eigenvalue weighted by Gasteiger charge is 2.31. The maximum Gasteiger partial charge on any atom is 0.308 e. The van der Waals surface area contributed by atoms with Crippen molar-refractivity contribution < 1.29 is 23.1 Å². The monoisotopic (exact) mass is 304 g/mol. The summed E-state index contributed by atoms with van der Waals surface area (Å²) in [5, 5.41) is 8.98. The zero-order valence-corrected chi connectivity index (χ0v) is 12.1. The highest BCUT2D eigenvalue weighted by molar-refractivity contribution is 7.89. The molecule has 0 radical (unpaired) electrons. The van der Waals surface area contributed by atoms with Gasteiger partial charge in [0.15, 0.2) is 0 Å². The van der Waals surface area contributed by atoms with Gasteiger partial charge in [-0.1, -0.05) is 0 Å². The van der Waals surface area contributed by atoms with E-state index in [1.807, 2.05) is 0 Å². The van der Waals surface area contributed by atoms with E-state index in [1.165, 1.54) is 4.31 Å². The molecule has 2 heterocycles. The van der Waals surface area contributed by atoms with E-state index in [4.69, 9.17) is 5.11 Å². The van der Waals surface area contributed by atoms with Crippen LogP contribution in [0.4, 0.5) is 0 Å². The molecule has 0 aromatic heterocycles. The van der Waals surface area contributed by atoms with E-state index in [0.29, 0.717) is 32.4 Å². The van der Waals surface area contributed by atoms with Crippen LogP contribution in [0.5, 0.6) is 0 Å². The second kappa shape index (κ2) is 6.09. The number of likely N-dealkylation sites (tertiary alicyclic amines) is 1. The Kier molecular flexibility index (Phi) is 4.64. The number of hydrogen-bond acceptors (Lipinski definition) is 4. The Morgan fingerprint density at radius 3 is 2.55 bits per heavy atom. The number of hydrogen-bond donors (Lipinski definition) is 1. The van der Waals surface area contributed by atoms with Gasteiger partial charge < -0.3 is 10.0 Å². The normalized spacial score (nSPS) is 26.6. The quantitative estimate of drug-likeness (QED) is 0.772. The predicted octanol–water partition coefficient (Wildman–Crippen LogP) is -0.265. The van der Waals surface area contributed by atoms with E-state index in [1.54, 1.807) is 4.90 Å². The van der Waals surface area contributed by atoms with Crippen LogP contribution in [-0.2, 0) is 19.6 Å². The predicted molar refractivity (Wildman–Crippen MR) is 71.5 cm³/mol. The van der Waals surface area contributed by atoms with Gasteiger partial charge in [-0.2, -0.15) is 0 Å². The van der Waals surface area contributed by atoms with Crippen LogP contribution < -0.4 is 0 Å². The fraction of sp³-hybridized carbons (Fsp3) is 0.833. The fourth-order valence-corrected chi connectivity index (χ4v) is 4.25. The maximum absolute atomic E-state index is 12.0. The molecule has 8 heteroatoms. The van der Waals surface area contributed by atoms with Gasteiger partial charge in [-0.15, -0.1) is 0 Å². The van der Waals surface area contributed by atoms with Gasteiger partial charge in [0, 0.05) is 32.6 Å². The van der Waals surface area contributed by atoms with Crippen LogP contribution in [0.15, 0.2) is 0 Å². The molecule has 2 aliphatic rings. The van der Waals surface area contributed by atoms with E-state index in [9.17, 15) is 18.0 Å². The third kappa shape index (κ3) is 3.49. The molecule has 0 aliphatic carbocycles. The minimum absolute atomic E-state index is 0.131. The van der Waals surface area contributed by atoms with Crippen molar-refractivity contribution in [2.75, 3.05) is 31.9 Å². The molecule has 2 saturated heterocycles. The molecule has 0 spiro atoms. The highest BCUT2D eigenvalue weighted by Crippen LogP contribution is 2.18. The molecule has 1 N–H and O–H groups in total. The summed E-state index contributed by atoms with van der Waals surface area (Å²) >= 11 is 0. The van der Waals surface area contributed by atoms with Crippen molar-refractivity contribution in [2.24, 2.45) is 5.92 Å². The molecule has 0 aromatic carbocycles. The van der Waals surface area contributed by atoms with E-state index >= 15 is 0 Å². The number of rotatable bonds is 4. The largest absolute Gasteiger partial charge is 0.481 e. The van der Waals surface area contributed by atoms with Gasteiger partial charge in [0.25, 0.3) is 0 Å². The molecule has 0 saturated carbocycles. The first-order valence-electron chi connectivity index (χ1n) is 6.88. The first-order chi connectivity index (χ1) is 9.40. The van der Waals surface area contributed by atoms with Crippen molar-refractivity contribution in [3.63, 3.8) is 0 Å². The first-order valence-corrected chi connectivity index (χ1v) is 8.49. The number of nitrogens with zero attached hydrogens (tertiary/aromatic N) is 2. The molecular weight excluding hydrogens is 284 g/mol. The lowest BCUT2D eigenvalue weighted by Crippen LogP contribution is -2.43. The molecule has 20 heavy (non-hydrogen) atoms. The van der Waals surface area contributed by atoms with Crippen LogP contribution in [0.2, 0.25) is 0 Å². The zero-order valence-electron chi connectivity index (χ0n) is 11.3. The minimum atomic E-state index is -3.17. The van der Waals surface area contributed by atoms with Gasteiger partial charge in [-0.3, -0.25) is 9.59 Å². The van der Waals surface area contributed by atoms with Crippen LogP contribution >= 0.6 is 0 Å². The molecule has 7 nitrogen and oxygen atoms in total. The Morgan fingerprint density at radius 1 is 1.20 bits per heavy atom. The number of carbonyl (C=O) groups is 2. The third-order valence-electron chi connectivity index (χ3n) is 3.90. The number of amides is 1. The van der Waals surface area contributed by atoms with Crippen molar-refractivity contribution in [3.05, 3.63) is 0 Å². The van der Waals surface area contributed by atoms with Gasteiger partial charge in [-0.25, -0.2) is 12.7 Å². The van der Waals surface area contributed by atoms with Crippen LogP contribution in [-0.4, -0.2) is 66.5 Å².